The minimum atomic E-state index is -0.959. The molecule has 0 bridgehead atoms. The first-order chi connectivity index (χ1) is 9.08. The number of halogens is 2. The number of hydrogen-bond acceptors (Lipinski definition) is 2. The van der Waals surface area contributed by atoms with Crippen molar-refractivity contribution in [1.82, 2.24) is 0 Å². The normalized spacial score (nSPS) is 11.9. The van der Waals surface area contributed by atoms with Crippen LogP contribution in [0.2, 0.25) is 0 Å². The van der Waals surface area contributed by atoms with E-state index in [0.29, 0.717) is 10.0 Å². The van der Waals surface area contributed by atoms with Gasteiger partial charge in [0.1, 0.15) is 11.6 Å². The number of hydrogen-bond donors (Lipinski definition) is 1. The van der Waals surface area contributed by atoms with Gasteiger partial charge in [0.05, 0.1) is 4.47 Å². The molecule has 0 fully saturated rings. The molecule has 2 rings (SSSR count). The lowest BCUT2D eigenvalue weighted by atomic mass is 10.1. The van der Waals surface area contributed by atoms with Gasteiger partial charge in [-0.15, -0.1) is 0 Å². The summed E-state index contributed by atoms with van der Waals surface area (Å²) in [7, 11) is 0. The molecule has 0 aliphatic heterocycles. The van der Waals surface area contributed by atoms with E-state index in [0.717, 1.165) is 0 Å². The van der Waals surface area contributed by atoms with Gasteiger partial charge in [0, 0.05) is 11.6 Å². The molecule has 2 aromatic carbocycles. The number of amides is 1. The van der Waals surface area contributed by atoms with Crippen LogP contribution < -0.4 is 10.5 Å². The molecule has 0 saturated heterocycles. The molecule has 0 aliphatic carbocycles. The summed E-state index contributed by atoms with van der Waals surface area (Å²) in [6.45, 7) is 0. The van der Waals surface area contributed by atoms with Crippen LogP contribution in [0.3, 0.4) is 0 Å². The summed E-state index contributed by atoms with van der Waals surface area (Å²) in [6, 6.07) is 12.8. The Balaban J connectivity index is 2.32. The summed E-state index contributed by atoms with van der Waals surface area (Å²) in [5.41, 5.74) is 5.95. The van der Waals surface area contributed by atoms with Gasteiger partial charge in [-0.3, -0.25) is 4.79 Å². The number of nitrogens with two attached hydrogens (primary N) is 1. The SMILES string of the molecule is NC(=O)C(Oc1cc(F)ccc1Br)c1ccccc1. The maximum atomic E-state index is 13.2. The van der Waals surface area contributed by atoms with Crippen molar-refractivity contribution in [3.63, 3.8) is 0 Å². The van der Waals surface area contributed by atoms with Crippen molar-refractivity contribution < 1.29 is 13.9 Å². The van der Waals surface area contributed by atoms with Crippen molar-refractivity contribution >= 4 is 21.8 Å². The van der Waals surface area contributed by atoms with Gasteiger partial charge in [-0.2, -0.15) is 0 Å². The van der Waals surface area contributed by atoms with E-state index >= 15 is 0 Å². The monoisotopic (exact) mass is 323 g/mol. The fraction of sp³-hybridized carbons (Fsp3) is 0.0714. The van der Waals surface area contributed by atoms with E-state index in [1.807, 2.05) is 6.07 Å². The Labute approximate surface area is 118 Å². The Morgan fingerprint density at radius 2 is 1.89 bits per heavy atom. The van der Waals surface area contributed by atoms with Crippen LogP contribution in [0.4, 0.5) is 4.39 Å². The number of benzene rings is 2. The second-order valence-corrected chi connectivity index (χ2v) is 4.74. The fourth-order valence-electron chi connectivity index (χ4n) is 1.61. The van der Waals surface area contributed by atoms with Crippen molar-refractivity contribution in [3.8, 4) is 5.75 Å². The van der Waals surface area contributed by atoms with Gasteiger partial charge in [-0.25, -0.2) is 4.39 Å². The molecule has 1 atom stereocenters. The topological polar surface area (TPSA) is 52.3 Å². The molecule has 1 amide bonds. The van der Waals surface area contributed by atoms with E-state index in [2.05, 4.69) is 15.9 Å². The van der Waals surface area contributed by atoms with Crippen LogP contribution in [0, 0.1) is 5.82 Å². The first-order valence-corrected chi connectivity index (χ1v) is 6.33. The summed E-state index contributed by atoms with van der Waals surface area (Å²) in [6.07, 6.45) is -0.959. The highest BCUT2D eigenvalue weighted by Gasteiger charge is 2.20. The molecule has 0 aromatic heterocycles. The van der Waals surface area contributed by atoms with Gasteiger partial charge < -0.3 is 10.5 Å². The molecule has 19 heavy (non-hydrogen) atoms. The highest BCUT2D eigenvalue weighted by atomic mass is 79.9. The third kappa shape index (κ3) is 3.32. The average Bonchev–Trinajstić information content (AvgIpc) is 2.40. The lowest BCUT2D eigenvalue weighted by molar-refractivity contribution is -0.125. The first-order valence-electron chi connectivity index (χ1n) is 5.54. The molecule has 0 heterocycles. The third-order valence-corrected chi connectivity index (χ3v) is 3.15. The Bertz CT molecular complexity index is 589. The predicted molar refractivity (Wildman–Crippen MR) is 73.1 cm³/mol. The quantitative estimate of drug-likeness (QED) is 0.939. The molecule has 0 spiro atoms. The minimum absolute atomic E-state index is 0.229. The van der Waals surface area contributed by atoms with Gasteiger partial charge in [-0.1, -0.05) is 30.3 Å². The van der Waals surface area contributed by atoms with E-state index in [4.69, 9.17) is 10.5 Å². The van der Waals surface area contributed by atoms with Gasteiger partial charge in [-0.05, 0) is 28.1 Å². The number of primary amides is 1. The van der Waals surface area contributed by atoms with Gasteiger partial charge >= 0.3 is 0 Å². The van der Waals surface area contributed by atoms with Crippen LogP contribution in [0.15, 0.2) is 53.0 Å². The van der Waals surface area contributed by atoms with Crippen molar-refractivity contribution in [2.24, 2.45) is 5.73 Å². The van der Waals surface area contributed by atoms with Crippen molar-refractivity contribution in [3.05, 3.63) is 64.4 Å². The Morgan fingerprint density at radius 1 is 1.21 bits per heavy atom. The summed E-state index contributed by atoms with van der Waals surface area (Å²) < 4.78 is 19.2. The van der Waals surface area contributed by atoms with Crippen molar-refractivity contribution in [2.75, 3.05) is 0 Å². The lowest BCUT2D eigenvalue weighted by Gasteiger charge is -2.17. The smallest absolute Gasteiger partial charge is 0.263 e. The maximum Gasteiger partial charge on any atom is 0.263 e. The number of rotatable bonds is 4. The van der Waals surface area contributed by atoms with E-state index in [1.165, 1.54) is 18.2 Å². The first kappa shape index (κ1) is 13.5. The average molecular weight is 324 g/mol. The zero-order chi connectivity index (χ0) is 13.8. The molecule has 5 heteroatoms. The van der Waals surface area contributed by atoms with Gasteiger partial charge in [0.15, 0.2) is 0 Å². The molecule has 2 aromatic rings. The molecular formula is C14H11BrFNO2. The summed E-state index contributed by atoms with van der Waals surface area (Å²) in [4.78, 5) is 11.5. The van der Waals surface area contributed by atoms with Crippen molar-refractivity contribution in [1.29, 1.82) is 0 Å². The lowest BCUT2D eigenvalue weighted by Crippen LogP contribution is -2.26. The minimum Gasteiger partial charge on any atom is -0.475 e. The van der Waals surface area contributed by atoms with Gasteiger partial charge in [0.25, 0.3) is 5.91 Å². The second kappa shape index (κ2) is 5.84. The maximum absolute atomic E-state index is 13.2. The molecule has 98 valence electrons. The highest BCUT2D eigenvalue weighted by molar-refractivity contribution is 9.10. The van der Waals surface area contributed by atoms with Crippen LogP contribution in [-0.4, -0.2) is 5.91 Å². The Morgan fingerprint density at radius 3 is 2.53 bits per heavy atom. The summed E-state index contributed by atoms with van der Waals surface area (Å²) in [5, 5.41) is 0. The molecular weight excluding hydrogens is 313 g/mol. The highest BCUT2D eigenvalue weighted by Crippen LogP contribution is 2.30. The number of carbonyl (C=O) groups is 1. The van der Waals surface area contributed by atoms with E-state index in [9.17, 15) is 9.18 Å². The Kier molecular flexibility index (Phi) is 4.16. The zero-order valence-electron chi connectivity index (χ0n) is 9.85. The molecule has 3 nitrogen and oxygen atoms in total. The number of carbonyl (C=O) groups excluding carboxylic acids is 1. The van der Waals surface area contributed by atoms with E-state index < -0.39 is 17.8 Å². The number of ether oxygens (including phenoxy) is 1. The second-order valence-electron chi connectivity index (χ2n) is 3.89. The van der Waals surface area contributed by atoms with Crippen LogP contribution in [0.25, 0.3) is 0 Å². The molecule has 0 radical (unpaired) electrons. The zero-order valence-corrected chi connectivity index (χ0v) is 11.4. The van der Waals surface area contributed by atoms with Crippen molar-refractivity contribution in [2.45, 2.75) is 6.10 Å². The van der Waals surface area contributed by atoms with Crippen LogP contribution in [0.5, 0.6) is 5.75 Å². The molecule has 2 N–H and O–H groups in total. The molecule has 1 unspecified atom stereocenters. The summed E-state index contributed by atoms with van der Waals surface area (Å²) in [5.74, 6) is -0.857. The largest absolute Gasteiger partial charge is 0.475 e. The van der Waals surface area contributed by atoms with Gasteiger partial charge in [0.2, 0.25) is 6.10 Å². The van der Waals surface area contributed by atoms with E-state index in [-0.39, 0.29) is 5.75 Å². The Hall–Kier alpha value is -1.88. The molecule has 0 aliphatic rings. The predicted octanol–water partition coefficient (Wildman–Crippen LogP) is 3.19. The summed E-state index contributed by atoms with van der Waals surface area (Å²) >= 11 is 3.24. The van der Waals surface area contributed by atoms with Crippen LogP contribution in [0.1, 0.15) is 11.7 Å². The molecule has 0 saturated carbocycles. The fourth-order valence-corrected chi connectivity index (χ4v) is 1.95. The standard InChI is InChI=1S/C14H11BrFNO2/c15-11-7-6-10(16)8-12(11)19-13(14(17)18)9-4-2-1-3-5-9/h1-8,13H,(H2,17,18). The van der Waals surface area contributed by atoms with Crippen LogP contribution in [-0.2, 0) is 4.79 Å². The van der Waals surface area contributed by atoms with E-state index in [1.54, 1.807) is 24.3 Å². The third-order valence-electron chi connectivity index (χ3n) is 2.50. The van der Waals surface area contributed by atoms with Crippen LogP contribution >= 0.6 is 15.9 Å².